The van der Waals surface area contributed by atoms with E-state index in [1.165, 1.54) is 36.0 Å². The molecule has 0 fully saturated rings. The molecule has 0 radical (unpaired) electrons. The lowest BCUT2D eigenvalue weighted by atomic mass is 10.1. The summed E-state index contributed by atoms with van der Waals surface area (Å²) < 4.78 is 41.9. The van der Waals surface area contributed by atoms with Crippen molar-refractivity contribution < 1.29 is 17.6 Å². The van der Waals surface area contributed by atoms with Gasteiger partial charge in [0.2, 0.25) is 15.9 Å². The second kappa shape index (κ2) is 11.3. The number of rotatable bonds is 10. The molecule has 0 saturated carbocycles. The third kappa shape index (κ3) is 7.13. The second-order valence-corrected chi connectivity index (χ2v) is 10.2. The zero-order chi connectivity index (χ0) is 22.3. The molecule has 2 aromatic carbocycles. The van der Waals surface area contributed by atoms with Crippen LogP contribution in [0, 0.1) is 5.82 Å². The largest absolute Gasteiger partial charge is 0.352 e. The van der Waals surface area contributed by atoms with Gasteiger partial charge in [0.15, 0.2) is 0 Å². The van der Waals surface area contributed by atoms with E-state index in [9.17, 15) is 17.6 Å². The summed E-state index contributed by atoms with van der Waals surface area (Å²) in [6.07, 6.45) is 2.41. The molecule has 1 amide bonds. The molecule has 5 nitrogen and oxygen atoms in total. The lowest BCUT2D eigenvalue weighted by Crippen LogP contribution is -2.49. The van der Waals surface area contributed by atoms with Gasteiger partial charge < -0.3 is 5.32 Å². The molecule has 0 bridgehead atoms. The van der Waals surface area contributed by atoms with Crippen LogP contribution in [-0.4, -0.2) is 38.4 Å². The maximum absolute atomic E-state index is 13.9. The van der Waals surface area contributed by atoms with Crippen LogP contribution in [0.5, 0.6) is 0 Å². The third-order valence-electron chi connectivity index (χ3n) is 4.28. The molecule has 0 aliphatic carbocycles. The van der Waals surface area contributed by atoms with Gasteiger partial charge in [-0.25, -0.2) is 12.8 Å². The van der Waals surface area contributed by atoms with Gasteiger partial charge in [0.1, 0.15) is 16.8 Å². The summed E-state index contributed by atoms with van der Waals surface area (Å²) in [5.41, 5.74) is 0.470. The second-order valence-electron chi connectivity index (χ2n) is 6.74. The van der Waals surface area contributed by atoms with Gasteiger partial charge in [-0.1, -0.05) is 41.4 Å². The van der Waals surface area contributed by atoms with Crippen molar-refractivity contribution in [3.63, 3.8) is 0 Å². The number of amides is 1. The van der Waals surface area contributed by atoms with Crippen molar-refractivity contribution >= 4 is 50.9 Å². The van der Waals surface area contributed by atoms with E-state index in [1.54, 1.807) is 25.1 Å². The van der Waals surface area contributed by atoms with E-state index in [2.05, 4.69) is 10.0 Å². The Hall–Kier alpha value is -1.32. The highest BCUT2D eigenvalue weighted by Crippen LogP contribution is 2.25. The van der Waals surface area contributed by atoms with Crippen molar-refractivity contribution in [2.24, 2.45) is 0 Å². The van der Waals surface area contributed by atoms with Gasteiger partial charge in [-0.2, -0.15) is 16.5 Å². The number of halogens is 3. The van der Waals surface area contributed by atoms with Crippen molar-refractivity contribution in [3.8, 4) is 0 Å². The molecule has 0 spiro atoms. The van der Waals surface area contributed by atoms with Crippen LogP contribution in [0.1, 0.15) is 18.9 Å². The van der Waals surface area contributed by atoms with E-state index < -0.39 is 28.0 Å². The first-order chi connectivity index (χ1) is 14.1. The summed E-state index contributed by atoms with van der Waals surface area (Å²) in [5.74, 6) is -0.283. The summed E-state index contributed by atoms with van der Waals surface area (Å²) in [6.45, 7) is 1.73. The van der Waals surface area contributed by atoms with E-state index in [1.807, 2.05) is 6.26 Å². The molecule has 2 unspecified atom stereocenters. The van der Waals surface area contributed by atoms with E-state index in [0.717, 1.165) is 0 Å². The van der Waals surface area contributed by atoms with Crippen LogP contribution in [0.2, 0.25) is 10.0 Å². The highest BCUT2D eigenvalue weighted by Gasteiger charge is 2.28. The number of nitrogens with one attached hydrogen (secondary N) is 2. The summed E-state index contributed by atoms with van der Waals surface area (Å²) >= 11 is 13.4. The number of hydrogen-bond acceptors (Lipinski definition) is 4. The average Bonchev–Trinajstić information content (AvgIpc) is 2.68. The summed E-state index contributed by atoms with van der Waals surface area (Å²) in [7, 11) is -4.09. The fourth-order valence-corrected chi connectivity index (χ4v) is 5.27. The van der Waals surface area contributed by atoms with E-state index >= 15 is 0 Å². The van der Waals surface area contributed by atoms with Crippen molar-refractivity contribution in [2.45, 2.75) is 36.7 Å². The number of hydrogen-bond donors (Lipinski definition) is 2. The first-order valence-corrected chi connectivity index (χ1v) is 12.8. The van der Waals surface area contributed by atoms with Crippen molar-refractivity contribution in [2.75, 3.05) is 12.0 Å². The van der Waals surface area contributed by atoms with Crippen LogP contribution in [0.15, 0.2) is 47.4 Å². The summed E-state index contributed by atoms with van der Waals surface area (Å²) in [6, 6.07) is 8.99. The van der Waals surface area contributed by atoms with E-state index in [4.69, 9.17) is 23.2 Å². The maximum atomic E-state index is 13.9. The molecule has 0 aromatic heterocycles. The summed E-state index contributed by atoms with van der Waals surface area (Å²) in [4.78, 5) is 12.6. The molecular formula is C20H23Cl2FN2O3S2. The van der Waals surface area contributed by atoms with Gasteiger partial charge in [0.25, 0.3) is 0 Å². The zero-order valence-electron chi connectivity index (χ0n) is 16.5. The first-order valence-electron chi connectivity index (χ1n) is 9.14. The number of carbonyl (C=O) groups excluding carboxylic acids is 1. The monoisotopic (exact) mass is 492 g/mol. The minimum absolute atomic E-state index is 0.00356. The van der Waals surface area contributed by atoms with Crippen LogP contribution in [0.25, 0.3) is 0 Å². The molecule has 2 N–H and O–H groups in total. The Morgan fingerprint density at radius 2 is 1.90 bits per heavy atom. The Kier molecular flexibility index (Phi) is 9.43. The molecule has 2 atom stereocenters. The highest BCUT2D eigenvalue weighted by atomic mass is 35.5. The van der Waals surface area contributed by atoms with Crippen LogP contribution >= 0.6 is 35.0 Å². The smallest absolute Gasteiger partial charge is 0.242 e. The van der Waals surface area contributed by atoms with Crippen molar-refractivity contribution in [3.05, 3.63) is 63.9 Å². The topological polar surface area (TPSA) is 75.3 Å². The normalized spacial score (nSPS) is 13.6. The molecule has 0 aliphatic heterocycles. The molecule has 2 aromatic rings. The molecule has 0 heterocycles. The first kappa shape index (κ1) is 24.9. The Morgan fingerprint density at radius 1 is 1.20 bits per heavy atom. The number of thioether (sulfide) groups is 1. The van der Waals surface area contributed by atoms with E-state index in [-0.39, 0.29) is 33.6 Å². The van der Waals surface area contributed by atoms with Crippen LogP contribution in [0.3, 0.4) is 0 Å². The predicted octanol–water partition coefficient (Wildman–Crippen LogP) is 4.28. The van der Waals surface area contributed by atoms with Crippen molar-refractivity contribution in [1.82, 2.24) is 10.0 Å². The van der Waals surface area contributed by atoms with Gasteiger partial charge in [0.05, 0.1) is 5.02 Å². The average molecular weight is 493 g/mol. The fourth-order valence-electron chi connectivity index (χ4n) is 2.80. The van der Waals surface area contributed by atoms with Gasteiger partial charge in [-0.3, -0.25) is 4.79 Å². The number of carbonyl (C=O) groups is 1. The quantitative estimate of drug-likeness (QED) is 0.518. The minimum atomic E-state index is -4.09. The molecule has 30 heavy (non-hydrogen) atoms. The summed E-state index contributed by atoms with van der Waals surface area (Å²) in [5, 5.41) is 2.98. The SMILES string of the molecule is CSCCC(NS(=O)(=O)c1cc(Cl)ccc1Cl)C(=O)NC(C)Cc1ccccc1F. The van der Waals surface area contributed by atoms with Gasteiger partial charge in [0, 0.05) is 11.1 Å². The van der Waals surface area contributed by atoms with Gasteiger partial charge >= 0.3 is 0 Å². The lowest BCUT2D eigenvalue weighted by Gasteiger charge is -2.22. The Balaban J connectivity index is 2.14. The number of sulfonamides is 1. The Labute approximate surface area is 190 Å². The van der Waals surface area contributed by atoms with Crippen LogP contribution in [0.4, 0.5) is 4.39 Å². The van der Waals surface area contributed by atoms with Crippen LogP contribution < -0.4 is 10.0 Å². The van der Waals surface area contributed by atoms with Crippen LogP contribution in [-0.2, 0) is 21.2 Å². The third-order valence-corrected chi connectivity index (χ3v) is 7.11. The molecule has 10 heteroatoms. The molecule has 164 valence electrons. The standard InChI is InChI=1S/C20H23Cl2FN2O3S2/c1-13(11-14-5-3-4-6-17(14)23)24-20(26)18(9-10-29-2)25-30(27,28)19-12-15(21)7-8-16(19)22/h3-8,12-13,18,25H,9-11H2,1-2H3,(H,24,26). The maximum Gasteiger partial charge on any atom is 0.242 e. The molecule has 0 aliphatic rings. The molecule has 0 saturated heterocycles. The molecular weight excluding hydrogens is 470 g/mol. The van der Waals surface area contributed by atoms with E-state index in [0.29, 0.717) is 11.3 Å². The molecule has 2 rings (SSSR count). The van der Waals surface area contributed by atoms with Crippen molar-refractivity contribution in [1.29, 1.82) is 0 Å². The minimum Gasteiger partial charge on any atom is -0.352 e. The number of benzene rings is 2. The predicted molar refractivity (Wildman–Crippen MR) is 121 cm³/mol. The Bertz CT molecular complexity index is 990. The lowest BCUT2D eigenvalue weighted by molar-refractivity contribution is -0.123. The zero-order valence-corrected chi connectivity index (χ0v) is 19.6. The van der Waals surface area contributed by atoms with Gasteiger partial charge in [-0.05, 0) is 61.6 Å². The fraction of sp³-hybridized carbons (Fsp3) is 0.350. The Morgan fingerprint density at radius 3 is 2.57 bits per heavy atom. The highest BCUT2D eigenvalue weighted by molar-refractivity contribution is 7.98. The van der Waals surface area contributed by atoms with Gasteiger partial charge in [-0.15, -0.1) is 0 Å².